The van der Waals surface area contributed by atoms with Crippen molar-refractivity contribution in [2.45, 2.75) is 18.1 Å². The molecule has 1 aliphatic heterocycles. The number of benzene rings is 1. The average molecular weight is 203 g/mol. The topological polar surface area (TPSA) is 23.8 Å². The predicted molar refractivity (Wildman–Crippen MR) is 62.7 cm³/mol. The van der Waals surface area contributed by atoms with Crippen LogP contribution >= 0.6 is 10.5 Å². The average Bonchev–Trinajstić information content (AvgIpc) is 2.24. The van der Waals surface area contributed by atoms with Crippen LogP contribution in [0.3, 0.4) is 0 Å². The van der Waals surface area contributed by atoms with E-state index in [9.17, 15) is 5.26 Å². The van der Waals surface area contributed by atoms with Gasteiger partial charge in [-0.15, -0.1) is 0 Å². The quantitative estimate of drug-likeness (QED) is 0.595. The highest BCUT2D eigenvalue weighted by atomic mass is 32.2. The zero-order valence-corrected chi connectivity index (χ0v) is 9.10. The SMILES string of the molecule is C=S1CCc2ccccc2C1(C)C#N. The maximum atomic E-state index is 9.28. The van der Waals surface area contributed by atoms with Crippen LogP contribution in [0, 0.1) is 11.3 Å². The monoisotopic (exact) mass is 203 g/mol. The number of hydrogen-bond acceptors (Lipinski definition) is 1. The van der Waals surface area contributed by atoms with Gasteiger partial charge < -0.3 is 0 Å². The van der Waals surface area contributed by atoms with Crippen molar-refractivity contribution in [3.05, 3.63) is 35.4 Å². The molecule has 0 fully saturated rings. The highest BCUT2D eigenvalue weighted by molar-refractivity contribution is 8.15. The van der Waals surface area contributed by atoms with Gasteiger partial charge in [-0.3, -0.25) is 0 Å². The van der Waals surface area contributed by atoms with E-state index in [4.69, 9.17) is 0 Å². The molecule has 0 aliphatic carbocycles. The van der Waals surface area contributed by atoms with Crippen LogP contribution in [-0.4, -0.2) is 11.6 Å². The molecule has 72 valence electrons. The van der Waals surface area contributed by atoms with E-state index in [1.807, 2.05) is 19.1 Å². The van der Waals surface area contributed by atoms with Crippen LogP contribution < -0.4 is 0 Å². The molecule has 0 saturated heterocycles. The highest BCUT2D eigenvalue weighted by Crippen LogP contribution is 2.45. The molecular formula is C12H13NS. The van der Waals surface area contributed by atoms with Crippen molar-refractivity contribution in [3.63, 3.8) is 0 Å². The van der Waals surface area contributed by atoms with Gasteiger partial charge in [-0.25, -0.2) is 0 Å². The van der Waals surface area contributed by atoms with Crippen LogP contribution in [0.25, 0.3) is 0 Å². The van der Waals surface area contributed by atoms with Gasteiger partial charge >= 0.3 is 0 Å². The minimum Gasteiger partial charge on any atom is -0.196 e. The maximum Gasteiger partial charge on any atom is 0.120 e. The first-order chi connectivity index (χ1) is 6.68. The molecule has 0 aromatic heterocycles. The maximum absolute atomic E-state index is 9.28. The molecule has 2 heteroatoms. The predicted octanol–water partition coefficient (Wildman–Crippen LogP) is 2.68. The third kappa shape index (κ3) is 1.20. The second kappa shape index (κ2) is 3.25. The van der Waals surface area contributed by atoms with Gasteiger partial charge in [0, 0.05) is 0 Å². The first-order valence-electron chi connectivity index (χ1n) is 4.69. The van der Waals surface area contributed by atoms with Crippen LogP contribution in [0.1, 0.15) is 18.1 Å². The summed E-state index contributed by atoms with van der Waals surface area (Å²) >= 11 is 0. The zero-order chi connectivity index (χ0) is 10.2. The minimum absolute atomic E-state index is 0.0661. The summed E-state index contributed by atoms with van der Waals surface area (Å²) in [5.41, 5.74) is 2.51. The Kier molecular flexibility index (Phi) is 2.20. The summed E-state index contributed by atoms with van der Waals surface area (Å²) in [5, 5.41) is 9.28. The lowest BCUT2D eigenvalue weighted by molar-refractivity contribution is 0.844. The van der Waals surface area contributed by atoms with E-state index in [1.165, 1.54) is 11.1 Å². The van der Waals surface area contributed by atoms with Crippen molar-refractivity contribution < 1.29 is 0 Å². The lowest BCUT2D eigenvalue weighted by atomic mass is 9.94. The third-order valence-electron chi connectivity index (χ3n) is 2.94. The third-order valence-corrected chi connectivity index (χ3v) is 5.10. The summed E-state index contributed by atoms with van der Waals surface area (Å²) < 4.78 is -0.366. The molecule has 0 N–H and O–H groups in total. The molecule has 0 bridgehead atoms. The first kappa shape index (κ1) is 9.48. The molecule has 14 heavy (non-hydrogen) atoms. The smallest absolute Gasteiger partial charge is 0.120 e. The fourth-order valence-corrected chi connectivity index (χ4v) is 3.44. The normalized spacial score (nSPS) is 30.4. The molecule has 1 nitrogen and oxygen atoms in total. The van der Waals surface area contributed by atoms with Crippen molar-refractivity contribution >= 4 is 16.4 Å². The number of hydrogen-bond donors (Lipinski definition) is 0. The van der Waals surface area contributed by atoms with Gasteiger partial charge in [0.05, 0.1) is 6.07 Å². The Hall–Kier alpha value is -1.07. The van der Waals surface area contributed by atoms with Gasteiger partial charge in [0.1, 0.15) is 4.75 Å². The molecule has 1 aromatic carbocycles. The van der Waals surface area contributed by atoms with E-state index in [0.717, 1.165) is 12.2 Å². The van der Waals surface area contributed by atoms with Gasteiger partial charge in [-0.2, -0.15) is 15.7 Å². The summed E-state index contributed by atoms with van der Waals surface area (Å²) in [7, 11) is -0.0661. The number of rotatable bonds is 0. The molecule has 1 heterocycles. The second-order valence-corrected chi connectivity index (χ2v) is 5.96. The Morgan fingerprint density at radius 2 is 2.21 bits per heavy atom. The minimum atomic E-state index is -0.366. The Labute approximate surface area is 87.3 Å². The fourth-order valence-electron chi connectivity index (χ4n) is 1.92. The van der Waals surface area contributed by atoms with E-state index >= 15 is 0 Å². The Morgan fingerprint density at radius 1 is 1.50 bits per heavy atom. The lowest BCUT2D eigenvalue weighted by Crippen LogP contribution is -2.24. The van der Waals surface area contributed by atoms with Crippen LogP contribution in [0.4, 0.5) is 0 Å². The number of aryl methyl sites for hydroxylation is 1. The Morgan fingerprint density at radius 3 is 2.93 bits per heavy atom. The molecule has 2 rings (SSSR count). The van der Waals surface area contributed by atoms with E-state index in [2.05, 4.69) is 24.1 Å². The first-order valence-corrected chi connectivity index (χ1v) is 6.25. The van der Waals surface area contributed by atoms with E-state index in [-0.39, 0.29) is 15.2 Å². The van der Waals surface area contributed by atoms with Gasteiger partial charge in [-0.05, 0) is 30.2 Å². The van der Waals surface area contributed by atoms with E-state index in [0.29, 0.717) is 0 Å². The van der Waals surface area contributed by atoms with Gasteiger partial charge in [0.2, 0.25) is 0 Å². The summed E-state index contributed by atoms with van der Waals surface area (Å²) in [4.78, 5) is 0. The van der Waals surface area contributed by atoms with Crippen molar-refractivity contribution in [1.82, 2.24) is 0 Å². The lowest BCUT2D eigenvalue weighted by Gasteiger charge is -2.32. The highest BCUT2D eigenvalue weighted by Gasteiger charge is 2.34. The molecule has 1 aromatic rings. The van der Waals surface area contributed by atoms with Crippen molar-refractivity contribution in [2.24, 2.45) is 0 Å². The molecule has 1 aliphatic rings. The molecule has 0 spiro atoms. The summed E-state index contributed by atoms with van der Waals surface area (Å²) in [6.07, 6.45) is 1.07. The number of fused-ring (bicyclic) bond motifs is 1. The second-order valence-electron chi connectivity index (χ2n) is 3.75. The standard InChI is InChI=1S/C12H13NS/c1-12(9-13)11-6-4-3-5-10(11)7-8-14(12)2/h3-6H,2,7-8H2,1H3. The van der Waals surface area contributed by atoms with Crippen LogP contribution in [0.15, 0.2) is 24.3 Å². The molecule has 2 atom stereocenters. The van der Waals surface area contributed by atoms with Crippen LogP contribution in [0.5, 0.6) is 0 Å². The molecule has 2 unspecified atom stereocenters. The Bertz CT molecular complexity index is 430. The summed E-state index contributed by atoms with van der Waals surface area (Å²) in [6, 6.07) is 10.7. The zero-order valence-electron chi connectivity index (χ0n) is 8.29. The van der Waals surface area contributed by atoms with E-state index in [1.54, 1.807) is 0 Å². The molecule has 0 amide bonds. The molecule has 0 radical (unpaired) electrons. The molecule has 0 saturated carbocycles. The fraction of sp³-hybridized carbons (Fsp3) is 0.333. The van der Waals surface area contributed by atoms with Gasteiger partial charge in [0.15, 0.2) is 0 Å². The number of nitriles is 1. The van der Waals surface area contributed by atoms with Crippen molar-refractivity contribution in [2.75, 3.05) is 5.75 Å². The Balaban J connectivity index is 2.65. The summed E-state index contributed by atoms with van der Waals surface area (Å²) in [5.74, 6) is 5.17. The largest absolute Gasteiger partial charge is 0.196 e. The molecular weight excluding hydrogens is 190 g/mol. The summed E-state index contributed by atoms with van der Waals surface area (Å²) in [6.45, 7) is 2.01. The van der Waals surface area contributed by atoms with Gasteiger partial charge in [-0.1, -0.05) is 30.1 Å². The van der Waals surface area contributed by atoms with Crippen LogP contribution in [0.2, 0.25) is 0 Å². The van der Waals surface area contributed by atoms with Crippen LogP contribution in [-0.2, 0) is 11.2 Å². The van der Waals surface area contributed by atoms with Crippen molar-refractivity contribution in [3.8, 4) is 6.07 Å². The van der Waals surface area contributed by atoms with Gasteiger partial charge in [0.25, 0.3) is 0 Å². The number of nitrogens with zero attached hydrogens (tertiary/aromatic N) is 1. The van der Waals surface area contributed by atoms with Crippen molar-refractivity contribution in [1.29, 1.82) is 5.26 Å². The van der Waals surface area contributed by atoms with E-state index < -0.39 is 0 Å².